The maximum Gasteiger partial charge on any atom is 0.147 e. The minimum Gasteiger partial charge on any atom is -0.298 e. The van der Waals surface area contributed by atoms with E-state index in [9.17, 15) is 9.18 Å². The second-order valence-electron chi connectivity index (χ2n) is 4.46. The summed E-state index contributed by atoms with van der Waals surface area (Å²) in [7, 11) is 0. The third-order valence-electron chi connectivity index (χ3n) is 2.76. The van der Waals surface area contributed by atoms with Crippen LogP contribution in [-0.4, -0.2) is 11.5 Å². The topological polar surface area (TPSA) is 17.1 Å². The summed E-state index contributed by atoms with van der Waals surface area (Å²) in [5.41, 5.74) is 2.00. The average Bonchev–Trinajstić information content (AvgIpc) is 2.44. The van der Waals surface area contributed by atoms with Gasteiger partial charge in [0.25, 0.3) is 0 Å². The van der Waals surface area contributed by atoms with Crippen molar-refractivity contribution in [3.8, 4) is 0 Å². The first-order valence-corrected chi connectivity index (χ1v) is 7.75. The lowest BCUT2D eigenvalue weighted by Gasteiger charge is -2.03. The van der Waals surface area contributed by atoms with Gasteiger partial charge < -0.3 is 0 Å². The van der Waals surface area contributed by atoms with E-state index >= 15 is 0 Å². The molecule has 0 fully saturated rings. The minimum absolute atomic E-state index is 0.149. The van der Waals surface area contributed by atoms with Crippen LogP contribution in [0.3, 0.4) is 0 Å². The van der Waals surface area contributed by atoms with Crippen LogP contribution in [0, 0.1) is 5.82 Å². The number of benzene rings is 2. The standard InChI is InChI=1S/C16H14ClFOS/c17-14-5-1-13(2-6-14)10-20-11-16(19)9-12-3-7-15(18)8-4-12/h1-8H,9-11H2. The van der Waals surface area contributed by atoms with Crippen molar-refractivity contribution in [1.82, 2.24) is 0 Å². The Balaban J connectivity index is 1.75. The van der Waals surface area contributed by atoms with Gasteiger partial charge in [0.1, 0.15) is 11.6 Å². The first kappa shape index (κ1) is 15.1. The maximum atomic E-state index is 12.7. The van der Waals surface area contributed by atoms with Crippen LogP contribution < -0.4 is 0 Å². The lowest BCUT2D eigenvalue weighted by molar-refractivity contribution is -0.116. The molecule has 2 aromatic rings. The smallest absolute Gasteiger partial charge is 0.147 e. The molecule has 4 heteroatoms. The van der Waals surface area contributed by atoms with E-state index in [2.05, 4.69) is 0 Å². The molecule has 0 aliphatic rings. The third-order valence-corrected chi connectivity index (χ3v) is 4.08. The molecule has 0 saturated heterocycles. The van der Waals surface area contributed by atoms with Crippen LogP contribution >= 0.6 is 23.4 Å². The van der Waals surface area contributed by atoms with Gasteiger partial charge in [-0.15, -0.1) is 11.8 Å². The normalized spacial score (nSPS) is 10.5. The zero-order valence-electron chi connectivity index (χ0n) is 10.8. The number of carbonyl (C=O) groups excluding carboxylic acids is 1. The van der Waals surface area contributed by atoms with Crippen molar-refractivity contribution in [2.45, 2.75) is 12.2 Å². The Morgan fingerprint density at radius 2 is 1.60 bits per heavy atom. The molecule has 104 valence electrons. The molecule has 1 nitrogen and oxygen atoms in total. The van der Waals surface area contributed by atoms with Gasteiger partial charge in [-0.1, -0.05) is 35.9 Å². The fourth-order valence-electron chi connectivity index (χ4n) is 1.74. The highest BCUT2D eigenvalue weighted by Gasteiger charge is 2.04. The van der Waals surface area contributed by atoms with Crippen LogP contribution in [0.1, 0.15) is 11.1 Å². The van der Waals surface area contributed by atoms with Gasteiger partial charge in [-0.05, 0) is 35.4 Å². The van der Waals surface area contributed by atoms with Gasteiger partial charge in [0, 0.05) is 17.2 Å². The van der Waals surface area contributed by atoms with Crippen molar-refractivity contribution in [2.24, 2.45) is 0 Å². The predicted octanol–water partition coefficient (Wildman–Crippen LogP) is 4.52. The first-order chi connectivity index (χ1) is 9.63. The molecule has 0 heterocycles. The minimum atomic E-state index is -0.279. The molecule has 0 atom stereocenters. The molecule has 0 N–H and O–H groups in total. The second kappa shape index (κ2) is 7.46. The number of hydrogen-bond donors (Lipinski definition) is 0. The Morgan fingerprint density at radius 3 is 2.25 bits per heavy atom. The molecule has 20 heavy (non-hydrogen) atoms. The van der Waals surface area contributed by atoms with Crippen molar-refractivity contribution in [3.63, 3.8) is 0 Å². The zero-order valence-corrected chi connectivity index (χ0v) is 12.4. The van der Waals surface area contributed by atoms with E-state index in [0.29, 0.717) is 17.2 Å². The van der Waals surface area contributed by atoms with Crippen LogP contribution in [0.15, 0.2) is 48.5 Å². The van der Waals surface area contributed by atoms with Gasteiger partial charge in [-0.25, -0.2) is 4.39 Å². The monoisotopic (exact) mass is 308 g/mol. The average molecular weight is 309 g/mol. The predicted molar refractivity (Wildman–Crippen MR) is 82.7 cm³/mol. The third kappa shape index (κ3) is 4.99. The van der Waals surface area contributed by atoms with Gasteiger partial charge in [0.05, 0.1) is 5.75 Å². The molecular formula is C16H14ClFOS. The number of halogens is 2. The summed E-state index contributed by atoms with van der Waals surface area (Å²) < 4.78 is 12.7. The Bertz CT molecular complexity index is 566. The van der Waals surface area contributed by atoms with Crippen LogP contribution in [0.4, 0.5) is 4.39 Å². The SMILES string of the molecule is O=C(CSCc1ccc(Cl)cc1)Cc1ccc(F)cc1. The molecule has 2 rings (SSSR count). The van der Waals surface area contributed by atoms with Gasteiger partial charge in [0.15, 0.2) is 0 Å². The van der Waals surface area contributed by atoms with Crippen molar-refractivity contribution < 1.29 is 9.18 Å². The number of Topliss-reactive ketones (excluding diaryl/α,β-unsaturated/α-hetero) is 1. The highest BCUT2D eigenvalue weighted by molar-refractivity contribution is 7.99. The van der Waals surface area contributed by atoms with Gasteiger partial charge in [0.2, 0.25) is 0 Å². The van der Waals surface area contributed by atoms with Crippen molar-refractivity contribution in [1.29, 1.82) is 0 Å². The fourth-order valence-corrected chi connectivity index (χ4v) is 2.73. The molecule has 0 spiro atoms. The Labute approximate surface area is 127 Å². The van der Waals surface area contributed by atoms with Gasteiger partial charge >= 0.3 is 0 Å². The van der Waals surface area contributed by atoms with Gasteiger partial charge in [-0.2, -0.15) is 0 Å². The molecule has 0 amide bonds. The molecule has 0 aromatic heterocycles. The molecule has 0 saturated carbocycles. The van der Waals surface area contributed by atoms with Crippen LogP contribution in [-0.2, 0) is 17.0 Å². The number of carbonyl (C=O) groups is 1. The largest absolute Gasteiger partial charge is 0.298 e. The Kier molecular flexibility index (Phi) is 5.62. The van der Waals surface area contributed by atoms with Crippen LogP contribution in [0.25, 0.3) is 0 Å². The van der Waals surface area contributed by atoms with E-state index < -0.39 is 0 Å². The Morgan fingerprint density at radius 1 is 1.00 bits per heavy atom. The van der Waals surface area contributed by atoms with Crippen molar-refractivity contribution in [2.75, 3.05) is 5.75 Å². The molecule has 0 radical (unpaired) electrons. The molecular weight excluding hydrogens is 295 g/mol. The molecule has 0 unspecified atom stereocenters. The molecule has 2 aromatic carbocycles. The quantitative estimate of drug-likeness (QED) is 0.780. The number of hydrogen-bond acceptors (Lipinski definition) is 2. The van der Waals surface area contributed by atoms with Crippen LogP contribution in [0.5, 0.6) is 0 Å². The summed E-state index contributed by atoms with van der Waals surface area (Å²) in [5, 5.41) is 0.714. The summed E-state index contributed by atoms with van der Waals surface area (Å²) >= 11 is 7.39. The lowest BCUT2D eigenvalue weighted by Crippen LogP contribution is -2.05. The summed E-state index contributed by atoms with van der Waals surface area (Å²) in [6.07, 6.45) is 0.355. The van der Waals surface area contributed by atoms with E-state index in [1.165, 1.54) is 12.1 Å². The molecule has 0 bridgehead atoms. The highest BCUT2D eigenvalue weighted by Crippen LogP contribution is 2.16. The van der Waals surface area contributed by atoms with E-state index in [4.69, 9.17) is 11.6 Å². The van der Waals surface area contributed by atoms with Crippen molar-refractivity contribution in [3.05, 3.63) is 70.5 Å². The van der Waals surface area contributed by atoms with E-state index in [1.54, 1.807) is 23.9 Å². The number of thioether (sulfide) groups is 1. The van der Waals surface area contributed by atoms with E-state index in [-0.39, 0.29) is 11.6 Å². The maximum absolute atomic E-state index is 12.7. The summed E-state index contributed by atoms with van der Waals surface area (Å²) in [6, 6.07) is 13.7. The molecule has 0 aliphatic heterocycles. The zero-order chi connectivity index (χ0) is 14.4. The van der Waals surface area contributed by atoms with Gasteiger partial charge in [-0.3, -0.25) is 4.79 Å². The molecule has 0 aliphatic carbocycles. The summed E-state index contributed by atoms with van der Waals surface area (Å²) in [6.45, 7) is 0. The second-order valence-corrected chi connectivity index (χ2v) is 5.88. The number of rotatable bonds is 6. The fraction of sp³-hybridized carbons (Fsp3) is 0.188. The summed E-state index contributed by atoms with van der Waals surface area (Å²) in [4.78, 5) is 11.8. The van der Waals surface area contributed by atoms with Crippen molar-refractivity contribution >= 4 is 29.1 Å². The number of ketones is 1. The summed E-state index contributed by atoms with van der Waals surface area (Å²) in [5.74, 6) is 1.11. The van der Waals surface area contributed by atoms with E-state index in [0.717, 1.165) is 16.9 Å². The Hall–Kier alpha value is -1.32. The lowest BCUT2D eigenvalue weighted by atomic mass is 10.1. The first-order valence-electron chi connectivity index (χ1n) is 6.22. The highest BCUT2D eigenvalue weighted by atomic mass is 35.5. The van der Waals surface area contributed by atoms with Crippen LogP contribution in [0.2, 0.25) is 5.02 Å². The van der Waals surface area contributed by atoms with E-state index in [1.807, 2.05) is 24.3 Å².